The first-order valence-corrected chi connectivity index (χ1v) is 3.49. The minimum atomic E-state index is -0.417. The second-order valence-corrected chi connectivity index (χ2v) is 2.54. The van der Waals surface area contributed by atoms with E-state index < -0.39 is 5.82 Å². The predicted octanol–water partition coefficient (Wildman–Crippen LogP) is 1.44. The highest BCUT2D eigenvalue weighted by Gasteiger charge is 1.98. The first kappa shape index (κ1) is 8.46. The number of hydrogen-bond donors (Lipinski definition) is 2. The van der Waals surface area contributed by atoms with Gasteiger partial charge in [-0.05, 0) is 17.7 Å². The lowest BCUT2D eigenvalue weighted by atomic mass is 10.2. The largest absolute Gasteiger partial charge is 0.271 e. The Labute approximate surface area is 69.1 Å². The third-order valence-corrected chi connectivity index (χ3v) is 1.60. The van der Waals surface area contributed by atoms with Gasteiger partial charge >= 0.3 is 0 Å². The van der Waals surface area contributed by atoms with Gasteiger partial charge in [0, 0.05) is 6.54 Å². The van der Waals surface area contributed by atoms with E-state index in [9.17, 15) is 4.39 Å². The van der Waals surface area contributed by atoms with Gasteiger partial charge in [-0.15, -0.1) is 0 Å². The van der Waals surface area contributed by atoms with Crippen LogP contribution in [0.25, 0.3) is 0 Å². The molecule has 2 nitrogen and oxygen atoms in total. The molecule has 0 radical (unpaired) electrons. The van der Waals surface area contributed by atoms with Gasteiger partial charge in [0.2, 0.25) is 0 Å². The molecule has 0 heterocycles. The highest BCUT2D eigenvalue weighted by Crippen LogP contribution is 2.14. The van der Waals surface area contributed by atoms with E-state index in [-0.39, 0.29) is 5.02 Å². The molecule has 0 bridgehead atoms. The van der Waals surface area contributed by atoms with Crippen molar-refractivity contribution in [2.75, 3.05) is 0 Å². The van der Waals surface area contributed by atoms with Gasteiger partial charge < -0.3 is 0 Å². The number of nitrogens with two attached hydrogens (primary N) is 1. The number of benzene rings is 1. The van der Waals surface area contributed by atoms with Crippen LogP contribution in [0.15, 0.2) is 18.2 Å². The minimum absolute atomic E-state index is 0.130. The standard InChI is InChI=1S/C7H8ClFN2/c8-6-2-1-5(4-11-10)3-7(6)9/h1-3,11H,4,10H2. The maximum atomic E-state index is 12.7. The Morgan fingerprint density at radius 2 is 2.27 bits per heavy atom. The zero-order valence-electron chi connectivity index (χ0n) is 5.77. The van der Waals surface area contributed by atoms with E-state index >= 15 is 0 Å². The molecule has 0 saturated heterocycles. The van der Waals surface area contributed by atoms with E-state index in [4.69, 9.17) is 17.4 Å². The van der Waals surface area contributed by atoms with Crippen LogP contribution in [0.3, 0.4) is 0 Å². The first-order chi connectivity index (χ1) is 5.24. The normalized spacial score (nSPS) is 10.1. The maximum Gasteiger partial charge on any atom is 0.142 e. The third kappa shape index (κ3) is 2.15. The summed E-state index contributed by atoms with van der Waals surface area (Å²) in [5.74, 6) is 4.63. The molecule has 0 aliphatic heterocycles. The van der Waals surface area contributed by atoms with Gasteiger partial charge in [-0.3, -0.25) is 11.3 Å². The summed E-state index contributed by atoms with van der Waals surface area (Å²) in [6.45, 7) is 0.439. The van der Waals surface area contributed by atoms with Crippen molar-refractivity contribution >= 4 is 11.6 Å². The van der Waals surface area contributed by atoms with E-state index in [2.05, 4.69) is 5.43 Å². The van der Waals surface area contributed by atoms with Crippen LogP contribution in [-0.2, 0) is 6.54 Å². The van der Waals surface area contributed by atoms with Crippen LogP contribution in [-0.4, -0.2) is 0 Å². The Balaban J connectivity index is 2.86. The fourth-order valence-corrected chi connectivity index (χ4v) is 0.885. The lowest BCUT2D eigenvalue weighted by molar-refractivity contribution is 0.622. The zero-order valence-corrected chi connectivity index (χ0v) is 6.53. The van der Waals surface area contributed by atoms with Crippen molar-refractivity contribution < 1.29 is 4.39 Å². The fourth-order valence-electron chi connectivity index (χ4n) is 0.767. The second kappa shape index (κ2) is 3.67. The molecule has 0 fully saturated rings. The maximum absolute atomic E-state index is 12.7. The number of nitrogens with one attached hydrogen (secondary N) is 1. The molecule has 0 amide bonds. The molecule has 3 N–H and O–H groups in total. The van der Waals surface area contributed by atoms with Gasteiger partial charge in [0.25, 0.3) is 0 Å². The van der Waals surface area contributed by atoms with Crippen molar-refractivity contribution in [2.24, 2.45) is 5.84 Å². The molecule has 0 spiro atoms. The molecule has 0 unspecified atom stereocenters. The van der Waals surface area contributed by atoms with Crippen LogP contribution in [0, 0.1) is 5.82 Å². The average Bonchev–Trinajstić information content (AvgIpc) is 1.98. The molecule has 1 aromatic carbocycles. The molecule has 0 atom stereocenters. The molecule has 1 aromatic rings. The molecule has 60 valence electrons. The summed E-state index contributed by atoms with van der Waals surface area (Å²) in [7, 11) is 0. The lowest BCUT2D eigenvalue weighted by Gasteiger charge is -1.99. The predicted molar refractivity (Wildman–Crippen MR) is 42.4 cm³/mol. The zero-order chi connectivity index (χ0) is 8.27. The van der Waals surface area contributed by atoms with Gasteiger partial charge in [-0.2, -0.15) is 0 Å². The number of hydrogen-bond acceptors (Lipinski definition) is 2. The molecule has 0 aliphatic rings. The van der Waals surface area contributed by atoms with E-state index in [0.29, 0.717) is 6.54 Å². The van der Waals surface area contributed by atoms with Crippen LogP contribution in [0.1, 0.15) is 5.56 Å². The number of hydrazine groups is 1. The number of halogens is 2. The first-order valence-electron chi connectivity index (χ1n) is 3.11. The molecule has 0 aromatic heterocycles. The van der Waals surface area contributed by atoms with E-state index in [1.54, 1.807) is 6.07 Å². The Kier molecular flexibility index (Phi) is 2.82. The smallest absolute Gasteiger partial charge is 0.142 e. The Morgan fingerprint density at radius 1 is 1.55 bits per heavy atom. The SMILES string of the molecule is NNCc1ccc(Cl)c(F)c1. The van der Waals surface area contributed by atoms with Crippen LogP contribution in [0.2, 0.25) is 5.02 Å². The number of rotatable bonds is 2. The Hall–Kier alpha value is -0.640. The topological polar surface area (TPSA) is 38.0 Å². The average molecular weight is 175 g/mol. The van der Waals surface area contributed by atoms with Gasteiger partial charge in [0.1, 0.15) is 5.82 Å². The molecule has 4 heteroatoms. The van der Waals surface area contributed by atoms with Crippen molar-refractivity contribution in [3.05, 3.63) is 34.6 Å². The fraction of sp³-hybridized carbons (Fsp3) is 0.143. The van der Waals surface area contributed by atoms with E-state index in [1.807, 2.05) is 0 Å². The monoisotopic (exact) mass is 174 g/mol. The van der Waals surface area contributed by atoms with Crippen LogP contribution in [0.4, 0.5) is 4.39 Å². The highest BCUT2D eigenvalue weighted by molar-refractivity contribution is 6.30. The highest BCUT2D eigenvalue weighted by atomic mass is 35.5. The van der Waals surface area contributed by atoms with E-state index in [1.165, 1.54) is 12.1 Å². The molecular weight excluding hydrogens is 167 g/mol. The van der Waals surface area contributed by atoms with Crippen LogP contribution < -0.4 is 11.3 Å². The summed E-state index contributed by atoms with van der Waals surface area (Å²) in [6, 6.07) is 4.57. The van der Waals surface area contributed by atoms with Crippen molar-refractivity contribution in [1.82, 2.24) is 5.43 Å². The van der Waals surface area contributed by atoms with Crippen molar-refractivity contribution in [1.29, 1.82) is 0 Å². The summed E-state index contributed by atoms with van der Waals surface area (Å²) in [5.41, 5.74) is 3.19. The van der Waals surface area contributed by atoms with Crippen molar-refractivity contribution in [2.45, 2.75) is 6.54 Å². The second-order valence-electron chi connectivity index (χ2n) is 2.13. The quantitative estimate of drug-likeness (QED) is 0.526. The summed E-state index contributed by atoms with van der Waals surface area (Å²) < 4.78 is 12.7. The molecular formula is C7H8ClFN2. The van der Waals surface area contributed by atoms with Crippen LogP contribution in [0.5, 0.6) is 0 Å². The summed E-state index contributed by atoms with van der Waals surface area (Å²) in [6.07, 6.45) is 0. The van der Waals surface area contributed by atoms with E-state index in [0.717, 1.165) is 5.56 Å². The van der Waals surface area contributed by atoms with Gasteiger partial charge in [-0.1, -0.05) is 17.7 Å². The summed E-state index contributed by atoms with van der Waals surface area (Å²) >= 11 is 5.45. The van der Waals surface area contributed by atoms with Crippen LogP contribution >= 0.6 is 11.6 Å². The lowest BCUT2D eigenvalue weighted by Crippen LogP contribution is -2.20. The van der Waals surface area contributed by atoms with Gasteiger partial charge in [-0.25, -0.2) is 4.39 Å². The van der Waals surface area contributed by atoms with Gasteiger partial charge in [0.15, 0.2) is 0 Å². The van der Waals surface area contributed by atoms with Crippen molar-refractivity contribution in [3.63, 3.8) is 0 Å². The molecule has 11 heavy (non-hydrogen) atoms. The third-order valence-electron chi connectivity index (χ3n) is 1.29. The Bertz CT molecular complexity index is 252. The Morgan fingerprint density at radius 3 is 2.82 bits per heavy atom. The summed E-state index contributed by atoms with van der Waals surface area (Å²) in [5, 5.41) is 0.130. The molecule has 0 saturated carbocycles. The van der Waals surface area contributed by atoms with Gasteiger partial charge in [0.05, 0.1) is 5.02 Å². The van der Waals surface area contributed by atoms with Crippen molar-refractivity contribution in [3.8, 4) is 0 Å². The molecule has 1 rings (SSSR count). The molecule has 0 aliphatic carbocycles. The summed E-state index contributed by atoms with van der Waals surface area (Å²) in [4.78, 5) is 0. The minimum Gasteiger partial charge on any atom is -0.271 e.